The fourth-order valence-electron chi connectivity index (χ4n) is 2.02. The maximum absolute atomic E-state index is 11.8. The van der Waals surface area contributed by atoms with E-state index in [-0.39, 0.29) is 16.6 Å². The lowest BCUT2D eigenvalue weighted by Gasteiger charge is -2.08. The van der Waals surface area contributed by atoms with Gasteiger partial charge in [0.25, 0.3) is 5.91 Å². The minimum absolute atomic E-state index is 0.139. The zero-order valence-corrected chi connectivity index (χ0v) is 11.9. The summed E-state index contributed by atoms with van der Waals surface area (Å²) in [6.07, 6.45) is 0.782. The Hall–Kier alpha value is -3.10. The molecule has 1 aromatic heterocycles. The van der Waals surface area contributed by atoms with Gasteiger partial charge in [-0.1, -0.05) is 13.0 Å². The molecule has 0 unspecified atom stereocenters. The number of fused-ring (bicyclic) bond motifs is 1. The van der Waals surface area contributed by atoms with E-state index in [9.17, 15) is 14.4 Å². The van der Waals surface area contributed by atoms with Crippen molar-refractivity contribution in [3.63, 3.8) is 0 Å². The molecule has 0 saturated heterocycles. The van der Waals surface area contributed by atoms with Crippen molar-refractivity contribution >= 4 is 34.6 Å². The van der Waals surface area contributed by atoms with Crippen molar-refractivity contribution in [2.75, 3.05) is 11.9 Å². The molecule has 1 heterocycles. The van der Waals surface area contributed by atoms with Gasteiger partial charge >= 0.3 is 12.1 Å². The Bertz CT molecular complexity index is 752. The van der Waals surface area contributed by atoms with Crippen molar-refractivity contribution in [3.8, 4) is 0 Å². The van der Waals surface area contributed by atoms with Crippen LogP contribution in [-0.2, 0) is 0 Å². The van der Waals surface area contributed by atoms with Crippen molar-refractivity contribution in [1.82, 2.24) is 15.1 Å². The Morgan fingerprint density at radius 2 is 2.00 bits per heavy atom. The number of hydrogen-bond acceptors (Lipinski definition) is 4. The van der Waals surface area contributed by atoms with Crippen LogP contribution in [-0.4, -0.2) is 34.3 Å². The van der Waals surface area contributed by atoms with Crippen LogP contribution in [0.2, 0.25) is 0 Å². The standard InChI is InChI=1S/C13H16N6O3/c1-2-6-16-13(22)17-7-4-3-5-8-9(7)10(11(14)20)18-19(8)12(15)21/h3-5H,2,6H2,1H3,(H2,14,20)(H2,15,21)(H2,16,17,22). The predicted molar refractivity (Wildman–Crippen MR) is 80.5 cm³/mol. The van der Waals surface area contributed by atoms with E-state index in [2.05, 4.69) is 15.7 Å². The summed E-state index contributed by atoms with van der Waals surface area (Å²) in [5.74, 6) is -0.826. The van der Waals surface area contributed by atoms with Gasteiger partial charge in [0.2, 0.25) is 0 Å². The van der Waals surface area contributed by atoms with Gasteiger partial charge in [-0.2, -0.15) is 9.78 Å². The Kier molecular flexibility index (Phi) is 4.25. The molecule has 0 aliphatic heterocycles. The lowest BCUT2D eigenvalue weighted by Crippen LogP contribution is -2.29. The lowest BCUT2D eigenvalue weighted by molar-refractivity contribution is 0.0996. The fraction of sp³-hybridized carbons (Fsp3) is 0.231. The first-order chi connectivity index (χ1) is 10.5. The molecule has 0 aliphatic carbocycles. The zero-order valence-electron chi connectivity index (χ0n) is 11.9. The highest BCUT2D eigenvalue weighted by Crippen LogP contribution is 2.26. The van der Waals surface area contributed by atoms with Crippen molar-refractivity contribution in [3.05, 3.63) is 23.9 Å². The number of benzene rings is 1. The molecule has 0 bridgehead atoms. The number of carbonyl (C=O) groups is 3. The average Bonchev–Trinajstić information content (AvgIpc) is 2.86. The molecule has 9 nitrogen and oxygen atoms in total. The first-order valence-electron chi connectivity index (χ1n) is 6.62. The van der Waals surface area contributed by atoms with E-state index in [1.807, 2.05) is 6.92 Å². The Balaban J connectivity index is 2.53. The summed E-state index contributed by atoms with van der Waals surface area (Å²) in [4.78, 5) is 34.7. The molecule has 0 atom stereocenters. The number of anilines is 1. The SMILES string of the molecule is CCCNC(=O)Nc1cccc2c1c(C(N)=O)nn2C(N)=O. The lowest BCUT2D eigenvalue weighted by atomic mass is 10.1. The summed E-state index contributed by atoms with van der Waals surface area (Å²) >= 11 is 0. The van der Waals surface area contributed by atoms with Crippen LogP contribution in [0.25, 0.3) is 10.9 Å². The van der Waals surface area contributed by atoms with Crippen LogP contribution in [0.5, 0.6) is 0 Å². The van der Waals surface area contributed by atoms with Gasteiger partial charge in [0.05, 0.1) is 16.6 Å². The molecule has 0 saturated carbocycles. The Labute approximate surface area is 125 Å². The van der Waals surface area contributed by atoms with Crippen LogP contribution in [0.4, 0.5) is 15.3 Å². The summed E-state index contributed by atoms with van der Waals surface area (Å²) in [5, 5.41) is 9.32. The molecule has 116 valence electrons. The first-order valence-corrected chi connectivity index (χ1v) is 6.62. The normalized spacial score (nSPS) is 10.4. The molecule has 4 amide bonds. The quantitative estimate of drug-likeness (QED) is 0.655. The molecule has 22 heavy (non-hydrogen) atoms. The fourth-order valence-corrected chi connectivity index (χ4v) is 2.02. The van der Waals surface area contributed by atoms with Crippen LogP contribution < -0.4 is 22.1 Å². The Morgan fingerprint density at radius 1 is 1.27 bits per heavy atom. The van der Waals surface area contributed by atoms with E-state index >= 15 is 0 Å². The monoisotopic (exact) mass is 304 g/mol. The third-order valence-electron chi connectivity index (χ3n) is 2.93. The van der Waals surface area contributed by atoms with Gasteiger partial charge < -0.3 is 22.1 Å². The number of primary amides is 2. The third-order valence-corrected chi connectivity index (χ3v) is 2.93. The second-order valence-electron chi connectivity index (χ2n) is 4.54. The van der Waals surface area contributed by atoms with Gasteiger partial charge in [0.15, 0.2) is 5.69 Å². The van der Waals surface area contributed by atoms with Crippen molar-refractivity contribution in [1.29, 1.82) is 0 Å². The molecule has 9 heteroatoms. The van der Waals surface area contributed by atoms with E-state index in [0.717, 1.165) is 11.1 Å². The van der Waals surface area contributed by atoms with E-state index in [1.54, 1.807) is 18.2 Å². The smallest absolute Gasteiger partial charge is 0.340 e. The van der Waals surface area contributed by atoms with Crippen LogP contribution in [0.1, 0.15) is 23.8 Å². The average molecular weight is 304 g/mol. The minimum Gasteiger partial charge on any atom is -0.364 e. The summed E-state index contributed by atoms with van der Waals surface area (Å²) in [6, 6.07) is 3.44. The number of carbonyl (C=O) groups excluding carboxylic acids is 3. The van der Waals surface area contributed by atoms with Gasteiger partial charge in [-0.3, -0.25) is 4.79 Å². The van der Waals surface area contributed by atoms with Crippen molar-refractivity contribution in [2.45, 2.75) is 13.3 Å². The number of nitrogens with one attached hydrogen (secondary N) is 2. The highest BCUT2D eigenvalue weighted by Gasteiger charge is 2.20. The molecular weight excluding hydrogens is 288 g/mol. The summed E-state index contributed by atoms with van der Waals surface area (Å²) in [6.45, 7) is 2.42. The third kappa shape index (κ3) is 2.82. The van der Waals surface area contributed by atoms with Gasteiger partial charge in [0.1, 0.15) is 0 Å². The topological polar surface area (TPSA) is 145 Å². The molecule has 2 rings (SSSR count). The van der Waals surface area contributed by atoms with E-state index in [0.29, 0.717) is 12.2 Å². The van der Waals surface area contributed by atoms with Gasteiger partial charge in [-0.05, 0) is 18.6 Å². The number of amides is 4. The van der Waals surface area contributed by atoms with Crippen molar-refractivity contribution in [2.24, 2.45) is 11.5 Å². The predicted octanol–water partition coefficient (Wildman–Crippen LogP) is 0.593. The Morgan fingerprint density at radius 3 is 2.59 bits per heavy atom. The van der Waals surface area contributed by atoms with E-state index in [1.165, 1.54) is 0 Å². The summed E-state index contributed by atoms with van der Waals surface area (Å²) < 4.78 is 0.866. The summed E-state index contributed by atoms with van der Waals surface area (Å²) in [5.41, 5.74) is 11.0. The number of hydrogen-bond donors (Lipinski definition) is 4. The number of nitrogens with zero attached hydrogens (tertiary/aromatic N) is 2. The first kappa shape index (κ1) is 15.3. The zero-order chi connectivity index (χ0) is 16.3. The van der Waals surface area contributed by atoms with Crippen molar-refractivity contribution < 1.29 is 14.4 Å². The maximum Gasteiger partial charge on any atom is 0.340 e. The molecule has 6 N–H and O–H groups in total. The number of rotatable bonds is 4. The second kappa shape index (κ2) is 6.12. The van der Waals surface area contributed by atoms with Gasteiger partial charge in [0, 0.05) is 6.54 Å². The molecule has 2 aromatic rings. The van der Waals surface area contributed by atoms with E-state index < -0.39 is 18.0 Å². The molecule has 0 fully saturated rings. The van der Waals surface area contributed by atoms with Crippen LogP contribution >= 0.6 is 0 Å². The minimum atomic E-state index is -0.856. The highest BCUT2D eigenvalue weighted by molar-refractivity contribution is 6.12. The number of nitrogens with two attached hydrogens (primary N) is 2. The van der Waals surface area contributed by atoms with Gasteiger partial charge in [-0.15, -0.1) is 0 Å². The van der Waals surface area contributed by atoms with Crippen LogP contribution in [0.3, 0.4) is 0 Å². The molecule has 0 radical (unpaired) electrons. The molecular formula is C13H16N6O3. The number of aromatic nitrogens is 2. The largest absolute Gasteiger partial charge is 0.364 e. The molecule has 0 aliphatic rings. The van der Waals surface area contributed by atoms with E-state index in [4.69, 9.17) is 11.5 Å². The number of urea groups is 1. The highest BCUT2D eigenvalue weighted by atomic mass is 16.2. The second-order valence-corrected chi connectivity index (χ2v) is 4.54. The molecule has 1 aromatic carbocycles. The van der Waals surface area contributed by atoms with Gasteiger partial charge in [-0.25, -0.2) is 9.59 Å². The molecule has 0 spiro atoms. The van der Waals surface area contributed by atoms with Crippen LogP contribution in [0.15, 0.2) is 18.2 Å². The maximum atomic E-state index is 11.8. The summed E-state index contributed by atoms with van der Waals surface area (Å²) in [7, 11) is 0. The van der Waals surface area contributed by atoms with Crippen LogP contribution in [0, 0.1) is 0 Å².